The summed E-state index contributed by atoms with van der Waals surface area (Å²) >= 11 is 0. The van der Waals surface area contributed by atoms with Crippen molar-refractivity contribution in [2.45, 2.75) is 6.42 Å². The fraction of sp³-hybridized carbons (Fsp3) is 0.0196. The predicted molar refractivity (Wildman–Crippen MR) is 234 cm³/mol. The fourth-order valence-electron chi connectivity index (χ4n) is 8.79. The molecular formula is C51H32N6O. The first-order chi connectivity index (χ1) is 28.8. The minimum atomic E-state index is 0.450. The lowest BCUT2D eigenvalue weighted by Crippen LogP contribution is -2.10. The molecule has 0 N–H and O–H groups in total. The molecule has 0 aliphatic rings. The molecule has 12 aromatic rings. The highest BCUT2D eigenvalue weighted by Crippen LogP contribution is 2.40. The van der Waals surface area contributed by atoms with Crippen LogP contribution in [0.4, 0.5) is 0 Å². The quantitative estimate of drug-likeness (QED) is 0.169. The second-order valence-corrected chi connectivity index (χ2v) is 14.7. The van der Waals surface area contributed by atoms with Crippen LogP contribution in [0, 0.1) is 0 Å². The fourth-order valence-corrected chi connectivity index (χ4v) is 8.79. The molecule has 7 heteroatoms. The van der Waals surface area contributed by atoms with Crippen LogP contribution in [0.5, 0.6) is 0 Å². The maximum atomic E-state index is 6.27. The van der Waals surface area contributed by atoms with Gasteiger partial charge in [0.25, 0.3) is 0 Å². The Morgan fingerprint density at radius 1 is 0.448 bits per heavy atom. The molecule has 0 spiro atoms. The first kappa shape index (κ1) is 32.4. The summed E-state index contributed by atoms with van der Waals surface area (Å²) in [6.07, 6.45) is 4.29. The normalized spacial score (nSPS) is 11.9. The molecule has 0 bridgehead atoms. The second-order valence-electron chi connectivity index (χ2n) is 14.7. The molecule has 0 amide bonds. The molecule has 7 aromatic carbocycles. The van der Waals surface area contributed by atoms with E-state index in [2.05, 4.69) is 154 Å². The molecule has 0 radical (unpaired) electrons. The number of hydrogen-bond acceptors (Lipinski definition) is 5. The van der Waals surface area contributed by atoms with E-state index in [0.29, 0.717) is 24.0 Å². The Labute approximate surface area is 332 Å². The Morgan fingerprint density at radius 3 is 1.86 bits per heavy atom. The molecule has 5 heterocycles. The largest absolute Gasteiger partial charge is 0.456 e. The zero-order chi connectivity index (χ0) is 38.2. The van der Waals surface area contributed by atoms with E-state index in [0.717, 1.165) is 93.5 Å². The zero-order valence-corrected chi connectivity index (χ0v) is 31.1. The zero-order valence-electron chi connectivity index (χ0n) is 31.1. The van der Waals surface area contributed by atoms with Gasteiger partial charge in [0, 0.05) is 62.3 Å². The van der Waals surface area contributed by atoms with Crippen molar-refractivity contribution in [3.05, 3.63) is 194 Å². The minimum Gasteiger partial charge on any atom is -0.456 e. The summed E-state index contributed by atoms with van der Waals surface area (Å²) in [5.74, 6) is 1.88. The van der Waals surface area contributed by atoms with Crippen molar-refractivity contribution < 1.29 is 4.42 Å². The Hall–Kier alpha value is -7.90. The van der Waals surface area contributed by atoms with Crippen molar-refractivity contribution in [1.29, 1.82) is 0 Å². The smallest absolute Gasteiger partial charge is 0.238 e. The van der Waals surface area contributed by atoms with Gasteiger partial charge in [0.2, 0.25) is 5.95 Å². The number of pyridine rings is 1. The maximum absolute atomic E-state index is 6.27. The number of benzene rings is 7. The van der Waals surface area contributed by atoms with Gasteiger partial charge in [-0.05, 0) is 53.6 Å². The third kappa shape index (κ3) is 5.00. The summed E-state index contributed by atoms with van der Waals surface area (Å²) in [7, 11) is 0. The Bertz CT molecular complexity index is 3450. The topological polar surface area (TPSA) is 74.6 Å². The van der Waals surface area contributed by atoms with E-state index in [1.54, 1.807) is 0 Å². The first-order valence-corrected chi connectivity index (χ1v) is 19.4. The van der Waals surface area contributed by atoms with Gasteiger partial charge in [0.1, 0.15) is 17.0 Å². The Morgan fingerprint density at radius 2 is 1.09 bits per heavy atom. The van der Waals surface area contributed by atoms with Crippen LogP contribution < -0.4 is 0 Å². The predicted octanol–water partition coefficient (Wildman–Crippen LogP) is 12.3. The average molecular weight is 745 g/mol. The van der Waals surface area contributed by atoms with Crippen LogP contribution >= 0.6 is 0 Å². The maximum Gasteiger partial charge on any atom is 0.238 e. The van der Waals surface area contributed by atoms with E-state index in [1.165, 1.54) is 0 Å². The third-order valence-corrected chi connectivity index (χ3v) is 11.3. The number of fused-ring (bicyclic) bond motifs is 9. The molecule has 0 saturated heterocycles. The van der Waals surface area contributed by atoms with Crippen molar-refractivity contribution >= 4 is 65.6 Å². The molecule has 58 heavy (non-hydrogen) atoms. The SMILES string of the molecule is c1ccc(-c2nc(Cc3cccc(-c4ccc5oc6ccccc6c5c4)c3-n3c4ccccc4c4cnccc43)nc(-n3c4ccccc4c4ccccc43)n2)cc1. The Kier molecular flexibility index (Phi) is 7.16. The van der Waals surface area contributed by atoms with Gasteiger partial charge in [-0.3, -0.25) is 9.55 Å². The molecule has 12 rings (SSSR count). The highest BCUT2D eigenvalue weighted by Gasteiger charge is 2.22. The lowest BCUT2D eigenvalue weighted by atomic mass is 9.96. The van der Waals surface area contributed by atoms with E-state index in [9.17, 15) is 0 Å². The monoisotopic (exact) mass is 744 g/mol. The summed E-state index contributed by atoms with van der Waals surface area (Å²) in [5, 5.41) is 6.71. The van der Waals surface area contributed by atoms with E-state index in [4.69, 9.17) is 19.4 Å². The molecule has 0 fully saturated rings. The van der Waals surface area contributed by atoms with Crippen LogP contribution in [0.25, 0.3) is 99.7 Å². The second kappa shape index (κ2) is 12.8. The van der Waals surface area contributed by atoms with E-state index in [1.807, 2.05) is 42.7 Å². The van der Waals surface area contributed by atoms with Gasteiger partial charge >= 0.3 is 0 Å². The van der Waals surface area contributed by atoms with Gasteiger partial charge < -0.3 is 8.98 Å². The molecular weight excluding hydrogens is 713 g/mol. The number of hydrogen-bond donors (Lipinski definition) is 0. The van der Waals surface area contributed by atoms with Gasteiger partial charge in [-0.15, -0.1) is 0 Å². The number of para-hydroxylation sites is 5. The lowest BCUT2D eigenvalue weighted by Gasteiger charge is -2.19. The van der Waals surface area contributed by atoms with Crippen molar-refractivity contribution in [1.82, 2.24) is 29.1 Å². The van der Waals surface area contributed by atoms with Gasteiger partial charge in [-0.2, -0.15) is 9.97 Å². The standard InChI is InChI=1S/C51H32N6O/c1-2-13-32(14-3-1)50-53-48(54-51(55-50)57-43-22-9-4-16-36(43)37-17-5-10-23-44(37)57)30-34-15-12-20-35(33-25-26-47-40(29-33)39-19-7-11-24-46(39)58-47)49(34)56-42-21-8-6-18-38(42)41-31-52-28-27-45(41)56/h1-29,31H,30H2. The van der Waals surface area contributed by atoms with Crippen molar-refractivity contribution in [3.63, 3.8) is 0 Å². The number of furan rings is 1. The first-order valence-electron chi connectivity index (χ1n) is 19.4. The molecule has 0 unspecified atom stereocenters. The molecule has 0 saturated carbocycles. The van der Waals surface area contributed by atoms with Crippen LogP contribution in [-0.2, 0) is 6.42 Å². The highest BCUT2D eigenvalue weighted by atomic mass is 16.3. The van der Waals surface area contributed by atoms with Crippen LogP contribution in [0.15, 0.2) is 187 Å². The lowest BCUT2D eigenvalue weighted by molar-refractivity contribution is 0.669. The molecule has 0 atom stereocenters. The van der Waals surface area contributed by atoms with Crippen molar-refractivity contribution in [2.75, 3.05) is 0 Å². The highest BCUT2D eigenvalue weighted by molar-refractivity contribution is 6.11. The van der Waals surface area contributed by atoms with E-state index >= 15 is 0 Å². The minimum absolute atomic E-state index is 0.450. The van der Waals surface area contributed by atoms with Crippen LogP contribution in [0.1, 0.15) is 11.4 Å². The molecule has 272 valence electrons. The van der Waals surface area contributed by atoms with Gasteiger partial charge in [-0.25, -0.2) is 4.98 Å². The van der Waals surface area contributed by atoms with Crippen LogP contribution in [-0.4, -0.2) is 29.1 Å². The third-order valence-electron chi connectivity index (χ3n) is 11.3. The van der Waals surface area contributed by atoms with Crippen molar-refractivity contribution in [3.8, 4) is 34.2 Å². The summed E-state index contributed by atoms with van der Waals surface area (Å²) in [6.45, 7) is 0. The van der Waals surface area contributed by atoms with Gasteiger partial charge in [0.15, 0.2) is 5.82 Å². The van der Waals surface area contributed by atoms with Gasteiger partial charge in [-0.1, -0.05) is 127 Å². The summed E-state index contributed by atoms with van der Waals surface area (Å²) in [5.41, 5.74) is 11.2. The number of nitrogens with zero attached hydrogens (tertiary/aromatic N) is 6. The summed E-state index contributed by atoms with van der Waals surface area (Å²) in [6, 6.07) is 59.1. The van der Waals surface area contributed by atoms with E-state index in [-0.39, 0.29) is 0 Å². The Balaban J connectivity index is 1.13. The summed E-state index contributed by atoms with van der Waals surface area (Å²) in [4.78, 5) is 20.3. The molecule has 0 aliphatic carbocycles. The van der Waals surface area contributed by atoms with Crippen LogP contribution in [0.2, 0.25) is 0 Å². The molecule has 7 nitrogen and oxygen atoms in total. The molecule has 0 aliphatic heterocycles. The number of rotatable bonds is 6. The average Bonchev–Trinajstić information content (AvgIpc) is 3.94. The molecule has 5 aromatic heterocycles. The van der Waals surface area contributed by atoms with Crippen LogP contribution in [0.3, 0.4) is 0 Å². The van der Waals surface area contributed by atoms with E-state index < -0.39 is 0 Å². The summed E-state index contributed by atoms with van der Waals surface area (Å²) < 4.78 is 10.8. The number of aromatic nitrogens is 6. The van der Waals surface area contributed by atoms with Gasteiger partial charge in [0.05, 0.1) is 27.8 Å². The van der Waals surface area contributed by atoms with Crippen molar-refractivity contribution in [2.24, 2.45) is 0 Å².